The van der Waals surface area contributed by atoms with Gasteiger partial charge in [0.05, 0.1) is 11.7 Å². The van der Waals surface area contributed by atoms with E-state index in [4.69, 9.17) is 0 Å². The number of phenols is 1. The van der Waals surface area contributed by atoms with Gasteiger partial charge in [0.1, 0.15) is 5.75 Å². The third-order valence-corrected chi connectivity index (χ3v) is 3.56. The lowest BCUT2D eigenvalue weighted by molar-refractivity contribution is -0.118. The van der Waals surface area contributed by atoms with Crippen LogP contribution in [-0.4, -0.2) is 17.1 Å². The Morgan fingerprint density at radius 2 is 1.80 bits per heavy atom. The molecule has 4 heteroatoms. The van der Waals surface area contributed by atoms with Crippen molar-refractivity contribution in [3.05, 3.63) is 59.7 Å². The molecule has 0 unspecified atom stereocenters. The van der Waals surface area contributed by atoms with Crippen LogP contribution in [0.15, 0.2) is 48.5 Å². The van der Waals surface area contributed by atoms with Crippen LogP contribution in [0.1, 0.15) is 11.1 Å². The van der Waals surface area contributed by atoms with E-state index >= 15 is 0 Å². The summed E-state index contributed by atoms with van der Waals surface area (Å²) in [5, 5.41) is 15.7. The quantitative estimate of drug-likeness (QED) is 0.730. The molecule has 0 aliphatic carbocycles. The summed E-state index contributed by atoms with van der Waals surface area (Å²) in [6, 6.07) is 14.6. The molecule has 2 aromatic carbocycles. The molecule has 0 radical (unpaired) electrons. The summed E-state index contributed by atoms with van der Waals surface area (Å²) in [5.74, 6) is -0.0435. The number of hydrogen-bond donors (Lipinski definition) is 3. The van der Waals surface area contributed by atoms with E-state index in [0.29, 0.717) is 18.7 Å². The van der Waals surface area contributed by atoms with E-state index in [0.717, 1.165) is 0 Å². The van der Waals surface area contributed by atoms with E-state index in [1.807, 2.05) is 12.1 Å². The first-order valence-corrected chi connectivity index (χ1v) is 6.63. The zero-order valence-corrected chi connectivity index (χ0v) is 11.0. The van der Waals surface area contributed by atoms with Gasteiger partial charge in [-0.05, 0) is 29.7 Å². The molecular weight excluding hydrogens is 252 g/mol. The zero-order valence-electron chi connectivity index (χ0n) is 11.0. The largest absolute Gasteiger partial charge is 0.506 e. The molecule has 0 spiro atoms. The van der Waals surface area contributed by atoms with Crippen LogP contribution in [0.2, 0.25) is 0 Å². The molecule has 1 amide bonds. The van der Waals surface area contributed by atoms with Crippen molar-refractivity contribution in [1.82, 2.24) is 5.32 Å². The van der Waals surface area contributed by atoms with Crippen LogP contribution in [0.3, 0.4) is 0 Å². The Morgan fingerprint density at radius 3 is 2.60 bits per heavy atom. The number of amides is 1. The summed E-state index contributed by atoms with van der Waals surface area (Å²) in [4.78, 5) is 12.2. The van der Waals surface area contributed by atoms with Crippen LogP contribution in [-0.2, 0) is 17.8 Å². The second kappa shape index (κ2) is 5.35. The topological polar surface area (TPSA) is 61.4 Å². The van der Waals surface area contributed by atoms with Crippen molar-refractivity contribution in [3.8, 4) is 5.75 Å². The van der Waals surface area contributed by atoms with Crippen LogP contribution in [0, 0.1) is 0 Å². The maximum Gasteiger partial charge on any atom is 0.241 e. The fourth-order valence-corrected chi connectivity index (χ4v) is 2.44. The Balaban J connectivity index is 1.72. The van der Waals surface area contributed by atoms with Gasteiger partial charge >= 0.3 is 0 Å². The van der Waals surface area contributed by atoms with E-state index in [1.54, 1.807) is 24.3 Å². The summed E-state index contributed by atoms with van der Waals surface area (Å²) >= 11 is 0. The number of aromatic hydroxyl groups is 1. The van der Waals surface area contributed by atoms with Crippen molar-refractivity contribution < 1.29 is 9.90 Å². The van der Waals surface area contributed by atoms with E-state index in [-0.39, 0.29) is 17.7 Å². The van der Waals surface area contributed by atoms with Crippen molar-refractivity contribution in [2.45, 2.75) is 19.0 Å². The average molecular weight is 268 g/mol. The van der Waals surface area contributed by atoms with Crippen molar-refractivity contribution in [1.29, 1.82) is 0 Å². The molecule has 2 aromatic rings. The third-order valence-electron chi connectivity index (χ3n) is 3.56. The van der Waals surface area contributed by atoms with Gasteiger partial charge in [-0.3, -0.25) is 4.79 Å². The molecule has 3 N–H and O–H groups in total. The van der Waals surface area contributed by atoms with Gasteiger partial charge in [0.25, 0.3) is 0 Å². The number of anilines is 1. The molecule has 0 aromatic heterocycles. The predicted octanol–water partition coefficient (Wildman–Crippen LogP) is 2.05. The minimum Gasteiger partial charge on any atom is -0.506 e. The fraction of sp³-hybridized carbons (Fsp3) is 0.188. The van der Waals surface area contributed by atoms with Crippen LogP contribution >= 0.6 is 0 Å². The molecule has 1 atom stereocenters. The molecule has 4 nitrogen and oxygen atoms in total. The lowest BCUT2D eigenvalue weighted by atomic mass is 9.95. The second-order valence-corrected chi connectivity index (χ2v) is 4.91. The van der Waals surface area contributed by atoms with Gasteiger partial charge in [-0.25, -0.2) is 0 Å². The first-order valence-electron chi connectivity index (χ1n) is 6.63. The van der Waals surface area contributed by atoms with Gasteiger partial charge in [-0.1, -0.05) is 36.4 Å². The monoisotopic (exact) mass is 268 g/mol. The van der Waals surface area contributed by atoms with Crippen LogP contribution in [0.25, 0.3) is 0 Å². The predicted molar refractivity (Wildman–Crippen MR) is 77.5 cm³/mol. The maximum atomic E-state index is 12.2. The summed E-state index contributed by atoms with van der Waals surface area (Å²) in [6.07, 6.45) is 0.662. The first kappa shape index (κ1) is 12.7. The number of carbonyl (C=O) groups excluding carboxylic acids is 1. The van der Waals surface area contributed by atoms with Gasteiger partial charge in [-0.15, -0.1) is 0 Å². The number of para-hydroxylation sites is 2. The number of benzene rings is 2. The smallest absolute Gasteiger partial charge is 0.241 e. The third kappa shape index (κ3) is 2.51. The average Bonchev–Trinajstić information content (AvgIpc) is 2.49. The molecule has 0 saturated heterocycles. The summed E-state index contributed by atoms with van der Waals surface area (Å²) in [7, 11) is 0. The Bertz CT molecular complexity index is 640. The van der Waals surface area contributed by atoms with E-state index in [9.17, 15) is 9.90 Å². The fourth-order valence-electron chi connectivity index (χ4n) is 2.44. The minimum atomic E-state index is -0.274. The highest BCUT2D eigenvalue weighted by Gasteiger charge is 2.24. The van der Waals surface area contributed by atoms with E-state index in [2.05, 4.69) is 22.8 Å². The molecule has 1 aliphatic heterocycles. The SMILES string of the molecule is O=C(Nc1ccccc1O)[C@@H]1Cc2ccccc2CN1. The van der Waals surface area contributed by atoms with Crippen molar-refractivity contribution >= 4 is 11.6 Å². The van der Waals surface area contributed by atoms with Crippen molar-refractivity contribution in [2.75, 3.05) is 5.32 Å². The Kier molecular flexibility index (Phi) is 3.39. The molecule has 20 heavy (non-hydrogen) atoms. The summed E-state index contributed by atoms with van der Waals surface area (Å²) < 4.78 is 0. The molecule has 1 heterocycles. The number of nitrogens with one attached hydrogen (secondary N) is 2. The standard InChI is InChI=1S/C16H16N2O2/c19-15-8-4-3-7-13(15)18-16(20)14-9-11-5-1-2-6-12(11)10-17-14/h1-8,14,17,19H,9-10H2,(H,18,20)/t14-/m0/s1. The Hall–Kier alpha value is -2.33. The zero-order chi connectivity index (χ0) is 13.9. The molecular formula is C16H16N2O2. The van der Waals surface area contributed by atoms with Crippen LogP contribution in [0.4, 0.5) is 5.69 Å². The molecule has 0 fully saturated rings. The molecule has 0 bridgehead atoms. The Labute approximate surface area is 117 Å². The highest BCUT2D eigenvalue weighted by molar-refractivity contribution is 5.96. The van der Waals surface area contributed by atoms with Gasteiger partial charge in [-0.2, -0.15) is 0 Å². The van der Waals surface area contributed by atoms with Crippen molar-refractivity contribution in [2.24, 2.45) is 0 Å². The number of rotatable bonds is 2. The number of fused-ring (bicyclic) bond motifs is 1. The minimum absolute atomic E-state index is 0.0806. The van der Waals surface area contributed by atoms with Gasteiger partial charge in [0.15, 0.2) is 0 Å². The number of phenolic OH excluding ortho intramolecular Hbond substituents is 1. The van der Waals surface area contributed by atoms with Crippen LogP contribution < -0.4 is 10.6 Å². The molecule has 0 saturated carbocycles. The number of hydrogen-bond acceptors (Lipinski definition) is 3. The van der Waals surface area contributed by atoms with Gasteiger partial charge in [0, 0.05) is 6.54 Å². The Morgan fingerprint density at radius 1 is 1.10 bits per heavy atom. The van der Waals surface area contributed by atoms with Gasteiger partial charge < -0.3 is 15.7 Å². The highest BCUT2D eigenvalue weighted by Crippen LogP contribution is 2.23. The maximum absolute atomic E-state index is 12.2. The normalized spacial score (nSPS) is 17.3. The van der Waals surface area contributed by atoms with Crippen molar-refractivity contribution in [3.63, 3.8) is 0 Å². The lowest BCUT2D eigenvalue weighted by Gasteiger charge is -2.25. The second-order valence-electron chi connectivity index (χ2n) is 4.91. The number of carbonyl (C=O) groups is 1. The van der Waals surface area contributed by atoms with Gasteiger partial charge in [0.2, 0.25) is 5.91 Å². The summed E-state index contributed by atoms with van der Waals surface area (Å²) in [6.45, 7) is 0.690. The summed E-state index contributed by atoms with van der Waals surface area (Å²) in [5.41, 5.74) is 2.88. The van der Waals surface area contributed by atoms with Crippen LogP contribution in [0.5, 0.6) is 5.75 Å². The molecule has 3 rings (SSSR count). The molecule has 1 aliphatic rings. The highest BCUT2D eigenvalue weighted by atomic mass is 16.3. The van der Waals surface area contributed by atoms with E-state index in [1.165, 1.54) is 11.1 Å². The molecule has 102 valence electrons. The van der Waals surface area contributed by atoms with E-state index < -0.39 is 0 Å². The lowest BCUT2D eigenvalue weighted by Crippen LogP contribution is -2.44. The first-order chi connectivity index (χ1) is 9.74.